The summed E-state index contributed by atoms with van der Waals surface area (Å²) >= 11 is 3.46. The van der Waals surface area contributed by atoms with Gasteiger partial charge in [-0.15, -0.1) is 0 Å². The van der Waals surface area contributed by atoms with Crippen LogP contribution in [-0.4, -0.2) is 11.9 Å². The number of aliphatic hydroxyl groups excluding tert-OH is 1. The van der Waals surface area contributed by atoms with Crippen molar-refractivity contribution in [1.29, 1.82) is 0 Å². The summed E-state index contributed by atoms with van der Waals surface area (Å²) in [5, 5.41) is 10.6. The highest BCUT2D eigenvalue weighted by Crippen LogP contribution is 2.42. The minimum absolute atomic E-state index is 0.219. The zero-order chi connectivity index (χ0) is 14.3. The number of hydrogen-bond acceptors (Lipinski definition) is 3. The lowest BCUT2D eigenvalue weighted by Gasteiger charge is -2.16. The van der Waals surface area contributed by atoms with Gasteiger partial charge in [0.05, 0.1) is 4.47 Å². The summed E-state index contributed by atoms with van der Waals surface area (Å²) in [6.07, 6.45) is -0.680. The molecule has 0 fully saturated rings. The summed E-state index contributed by atoms with van der Waals surface area (Å²) in [5.74, 6) is 1.36. The van der Waals surface area contributed by atoms with Crippen LogP contribution < -0.4 is 9.47 Å². The fourth-order valence-corrected chi connectivity index (χ4v) is 2.97. The second-order valence-corrected chi connectivity index (χ2v) is 5.78. The largest absolute Gasteiger partial charge is 0.454 e. The molecule has 1 atom stereocenters. The van der Waals surface area contributed by atoms with Gasteiger partial charge in [0.1, 0.15) is 6.10 Å². The first-order valence-corrected chi connectivity index (χ1v) is 7.20. The molecule has 4 heteroatoms. The Morgan fingerprint density at radius 3 is 2.80 bits per heavy atom. The molecule has 0 spiro atoms. The van der Waals surface area contributed by atoms with E-state index in [0.29, 0.717) is 11.5 Å². The highest BCUT2D eigenvalue weighted by Gasteiger charge is 2.22. The molecule has 0 bridgehead atoms. The van der Waals surface area contributed by atoms with E-state index in [0.717, 1.165) is 21.2 Å². The molecule has 2 aromatic rings. The van der Waals surface area contributed by atoms with Crippen molar-refractivity contribution < 1.29 is 14.6 Å². The van der Waals surface area contributed by atoms with Crippen molar-refractivity contribution >= 4 is 15.9 Å². The van der Waals surface area contributed by atoms with Crippen LogP contribution in [0, 0.1) is 13.8 Å². The summed E-state index contributed by atoms with van der Waals surface area (Å²) in [4.78, 5) is 0. The van der Waals surface area contributed by atoms with Gasteiger partial charge >= 0.3 is 0 Å². The molecular weight excluding hydrogens is 320 g/mol. The van der Waals surface area contributed by atoms with Gasteiger partial charge in [0, 0.05) is 0 Å². The van der Waals surface area contributed by atoms with Gasteiger partial charge in [-0.2, -0.15) is 0 Å². The number of rotatable bonds is 2. The fourth-order valence-electron chi connectivity index (χ4n) is 2.39. The predicted molar refractivity (Wildman–Crippen MR) is 80.2 cm³/mol. The first-order valence-electron chi connectivity index (χ1n) is 6.41. The number of hydrogen-bond donors (Lipinski definition) is 1. The van der Waals surface area contributed by atoms with E-state index in [1.54, 1.807) is 0 Å². The van der Waals surface area contributed by atoms with Crippen LogP contribution in [0.3, 0.4) is 0 Å². The molecule has 1 N–H and O–H groups in total. The predicted octanol–water partition coefficient (Wildman–Crippen LogP) is 3.88. The fraction of sp³-hybridized carbons (Fsp3) is 0.250. The van der Waals surface area contributed by atoms with Crippen LogP contribution in [0.2, 0.25) is 0 Å². The molecule has 0 radical (unpaired) electrons. The number of fused-ring (bicyclic) bond motifs is 1. The maximum absolute atomic E-state index is 10.6. The van der Waals surface area contributed by atoms with Gasteiger partial charge in [0.2, 0.25) is 6.79 Å². The average Bonchev–Trinajstić information content (AvgIpc) is 2.90. The van der Waals surface area contributed by atoms with Gasteiger partial charge in [0.15, 0.2) is 11.5 Å². The molecule has 0 aromatic heterocycles. The van der Waals surface area contributed by atoms with Crippen molar-refractivity contribution in [2.45, 2.75) is 20.0 Å². The van der Waals surface area contributed by atoms with E-state index >= 15 is 0 Å². The molecule has 20 heavy (non-hydrogen) atoms. The molecule has 3 rings (SSSR count). The Balaban J connectivity index is 2.05. The Kier molecular flexibility index (Phi) is 3.44. The SMILES string of the molecule is Cc1cccc(C(O)c2cc(Br)c3c(c2)OCO3)c1C. The number of benzene rings is 2. The maximum Gasteiger partial charge on any atom is 0.231 e. The first kappa shape index (κ1) is 13.5. The molecular formula is C16H15BrO3. The van der Waals surface area contributed by atoms with E-state index in [-0.39, 0.29) is 6.79 Å². The lowest BCUT2D eigenvalue weighted by atomic mass is 9.94. The van der Waals surface area contributed by atoms with Crippen LogP contribution in [0.1, 0.15) is 28.4 Å². The average molecular weight is 335 g/mol. The molecule has 0 saturated heterocycles. The minimum atomic E-state index is -0.680. The molecule has 0 aliphatic carbocycles. The minimum Gasteiger partial charge on any atom is -0.454 e. The molecule has 1 unspecified atom stereocenters. The zero-order valence-electron chi connectivity index (χ0n) is 11.3. The van der Waals surface area contributed by atoms with Gasteiger partial charge in [-0.05, 0) is 64.2 Å². The van der Waals surface area contributed by atoms with Crippen LogP contribution in [0.25, 0.3) is 0 Å². The number of aryl methyl sites for hydroxylation is 1. The molecule has 0 saturated carbocycles. The van der Waals surface area contributed by atoms with Crippen molar-refractivity contribution in [3.63, 3.8) is 0 Å². The van der Waals surface area contributed by atoms with Crippen LogP contribution >= 0.6 is 15.9 Å². The van der Waals surface area contributed by atoms with Gasteiger partial charge in [-0.1, -0.05) is 18.2 Å². The topological polar surface area (TPSA) is 38.7 Å². The normalized spacial score (nSPS) is 14.4. The Morgan fingerprint density at radius 2 is 2.00 bits per heavy atom. The molecule has 1 aliphatic rings. The van der Waals surface area contributed by atoms with E-state index < -0.39 is 6.10 Å². The number of halogens is 1. The molecule has 104 valence electrons. The zero-order valence-corrected chi connectivity index (χ0v) is 12.9. The lowest BCUT2D eigenvalue weighted by Crippen LogP contribution is -2.03. The molecule has 1 heterocycles. The molecule has 3 nitrogen and oxygen atoms in total. The van der Waals surface area contributed by atoms with Crippen molar-refractivity contribution in [3.05, 3.63) is 57.1 Å². The van der Waals surface area contributed by atoms with E-state index in [1.165, 1.54) is 5.56 Å². The van der Waals surface area contributed by atoms with Gasteiger partial charge < -0.3 is 14.6 Å². The highest BCUT2D eigenvalue weighted by atomic mass is 79.9. The van der Waals surface area contributed by atoms with Gasteiger partial charge in [-0.25, -0.2) is 0 Å². The van der Waals surface area contributed by atoms with Crippen LogP contribution in [-0.2, 0) is 0 Å². The maximum atomic E-state index is 10.6. The van der Waals surface area contributed by atoms with E-state index in [2.05, 4.69) is 15.9 Å². The standard InChI is InChI=1S/C16H15BrO3/c1-9-4-3-5-12(10(9)2)15(18)11-6-13(17)16-14(7-11)19-8-20-16/h3-7,15,18H,8H2,1-2H3. The second kappa shape index (κ2) is 5.11. The van der Waals surface area contributed by atoms with Crippen molar-refractivity contribution in [2.75, 3.05) is 6.79 Å². The van der Waals surface area contributed by atoms with Crippen LogP contribution in [0.5, 0.6) is 11.5 Å². The van der Waals surface area contributed by atoms with E-state index in [4.69, 9.17) is 9.47 Å². The van der Waals surface area contributed by atoms with Crippen LogP contribution in [0.4, 0.5) is 0 Å². The Bertz CT molecular complexity index is 667. The summed E-state index contributed by atoms with van der Waals surface area (Å²) in [6, 6.07) is 9.66. The van der Waals surface area contributed by atoms with Gasteiger partial charge in [-0.3, -0.25) is 0 Å². The van der Waals surface area contributed by atoms with Crippen LogP contribution in [0.15, 0.2) is 34.8 Å². The third-order valence-electron chi connectivity index (χ3n) is 3.71. The number of ether oxygens (including phenoxy) is 2. The second-order valence-electron chi connectivity index (χ2n) is 4.93. The smallest absolute Gasteiger partial charge is 0.231 e. The molecule has 1 aliphatic heterocycles. The number of aliphatic hydroxyl groups is 1. The van der Waals surface area contributed by atoms with Gasteiger partial charge in [0.25, 0.3) is 0 Å². The quantitative estimate of drug-likeness (QED) is 0.905. The summed E-state index contributed by atoms with van der Waals surface area (Å²) in [5.41, 5.74) is 3.97. The Labute approximate surface area is 126 Å². The van der Waals surface area contributed by atoms with E-state index in [9.17, 15) is 5.11 Å². The Morgan fingerprint density at radius 1 is 1.20 bits per heavy atom. The van der Waals surface area contributed by atoms with Crippen molar-refractivity contribution in [3.8, 4) is 11.5 Å². The van der Waals surface area contributed by atoms with Crippen molar-refractivity contribution in [2.24, 2.45) is 0 Å². The van der Waals surface area contributed by atoms with Crippen molar-refractivity contribution in [1.82, 2.24) is 0 Å². The third-order valence-corrected chi connectivity index (χ3v) is 4.30. The monoisotopic (exact) mass is 334 g/mol. The summed E-state index contributed by atoms with van der Waals surface area (Å²) < 4.78 is 11.6. The third kappa shape index (κ3) is 2.19. The molecule has 0 amide bonds. The lowest BCUT2D eigenvalue weighted by molar-refractivity contribution is 0.173. The highest BCUT2D eigenvalue weighted by molar-refractivity contribution is 9.10. The first-order chi connectivity index (χ1) is 9.58. The Hall–Kier alpha value is -1.52. The summed E-state index contributed by atoms with van der Waals surface area (Å²) in [6.45, 7) is 4.29. The van der Waals surface area contributed by atoms with E-state index in [1.807, 2.05) is 44.2 Å². The molecule has 2 aromatic carbocycles. The summed E-state index contributed by atoms with van der Waals surface area (Å²) in [7, 11) is 0.